The standard InChI is InChI=1S/C19H24N2O3/c1-19(2,3)12-17(23)20(14-9-10-14)15-11-16(22)21(18(15)24)13-7-5-4-6-8-13/h4-8,14-15H,9-12H2,1-3H3. The van der Waals surface area contributed by atoms with Crippen molar-refractivity contribution in [1.82, 2.24) is 4.90 Å². The molecule has 128 valence electrons. The molecule has 0 radical (unpaired) electrons. The summed E-state index contributed by atoms with van der Waals surface area (Å²) in [6.07, 6.45) is 2.30. The van der Waals surface area contributed by atoms with E-state index in [1.54, 1.807) is 29.2 Å². The van der Waals surface area contributed by atoms with Gasteiger partial charge in [-0.3, -0.25) is 14.4 Å². The molecule has 3 rings (SSSR count). The van der Waals surface area contributed by atoms with Crippen LogP contribution < -0.4 is 4.90 Å². The summed E-state index contributed by atoms with van der Waals surface area (Å²) in [5.41, 5.74) is 0.434. The summed E-state index contributed by atoms with van der Waals surface area (Å²) in [6.45, 7) is 6.02. The number of rotatable bonds is 4. The van der Waals surface area contributed by atoms with Crippen LogP contribution in [0.1, 0.15) is 46.5 Å². The molecule has 1 aliphatic heterocycles. The second kappa shape index (κ2) is 6.04. The molecule has 1 saturated heterocycles. The third-order valence-electron chi connectivity index (χ3n) is 4.38. The number of nitrogens with zero attached hydrogens (tertiary/aromatic N) is 2. The van der Waals surface area contributed by atoms with Crippen LogP contribution in [0, 0.1) is 5.41 Å². The molecule has 1 aromatic carbocycles. The van der Waals surface area contributed by atoms with Gasteiger partial charge < -0.3 is 4.90 Å². The van der Waals surface area contributed by atoms with E-state index in [0.29, 0.717) is 12.1 Å². The second-order valence-corrected chi connectivity index (χ2v) is 7.89. The fourth-order valence-electron chi connectivity index (χ4n) is 3.21. The number of anilines is 1. The first kappa shape index (κ1) is 16.7. The average molecular weight is 328 g/mol. The predicted molar refractivity (Wildman–Crippen MR) is 91.3 cm³/mol. The smallest absolute Gasteiger partial charge is 0.257 e. The monoisotopic (exact) mass is 328 g/mol. The Hall–Kier alpha value is -2.17. The minimum absolute atomic E-state index is 0.0222. The molecule has 2 fully saturated rings. The van der Waals surface area contributed by atoms with Crippen LogP contribution in [0.4, 0.5) is 5.69 Å². The molecule has 0 bridgehead atoms. The molecule has 1 heterocycles. The number of para-hydroxylation sites is 1. The van der Waals surface area contributed by atoms with E-state index in [1.807, 2.05) is 26.8 Å². The zero-order valence-electron chi connectivity index (χ0n) is 14.5. The molecule has 0 N–H and O–H groups in total. The number of benzene rings is 1. The third-order valence-corrected chi connectivity index (χ3v) is 4.38. The zero-order valence-corrected chi connectivity index (χ0v) is 14.5. The van der Waals surface area contributed by atoms with Gasteiger partial charge in [-0.05, 0) is 30.4 Å². The quantitative estimate of drug-likeness (QED) is 0.799. The van der Waals surface area contributed by atoms with Crippen molar-refractivity contribution < 1.29 is 14.4 Å². The number of carbonyl (C=O) groups excluding carboxylic acids is 3. The Morgan fingerprint density at radius 3 is 2.33 bits per heavy atom. The number of carbonyl (C=O) groups is 3. The third kappa shape index (κ3) is 3.35. The lowest BCUT2D eigenvalue weighted by Crippen LogP contribution is -2.47. The summed E-state index contributed by atoms with van der Waals surface area (Å²) in [5.74, 6) is -0.531. The lowest BCUT2D eigenvalue weighted by molar-refractivity contribution is -0.140. The number of amides is 3. The van der Waals surface area contributed by atoms with Gasteiger partial charge in [-0.1, -0.05) is 39.0 Å². The van der Waals surface area contributed by atoms with Crippen molar-refractivity contribution in [3.63, 3.8) is 0 Å². The number of hydrogen-bond acceptors (Lipinski definition) is 3. The summed E-state index contributed by atoms with van der Waals surface area (Å²) >= 11 is 0. The van der Waals surface area contributed by atoms with Crippen molar-refractivity contribution in [1.29, 1.82) is 0 Å². The van der Waals surface area contributed by atoms with E-state index in [1.165, 1.54) is 4.90 Å². The fraction of sp³-hybridized carbons (Fsp3) is 0.526. The summed E-state index contributed by atoms with van der Waals surface area (Å²) in [7, 11) is 0. The van der Waals surface area contributed by atoms with Crippen molar-refractivity contribution >= 4 is 23.4 Å². The minimum Gasteiger partial charge on any atom is -0.327 e. The maximum Gasteiger partial charge on any atom is 0.257 e. The first-order valence-corrected chi connectivity index (χ1v) is 8.51. The molecule has 1 aromatic rings. The Kier molecular flexibility index (Phi) is 4.20. The van der Waals surface area contributed by atoms with Gasteiger partial charge in [0.15, 0.2) is 0 Å². The van der Waals surface area contributed by atoms with Crippen LogP contribution in [-0.2, 0) is 14.4 Å². The predicted octanol–water partition coefficient (Wildman–Crippen LogP) is 2.75. The Labute approximate surface area is 142 Å². The highest BCUT2D eigenvalue weighted by atomic mass is 16.2. The SMILES string of the molecule is CC(C)(C)CC(=O)N(C1CC1)C1CC(=O)N(c2ccccc2)C1=O. The van der Waals surface area contributed by atoms with E-state index in [4.69, 9.17) is 0 Å². The molecular weight excluding hydrogens is 304 g/mol. The topological polar surface area (TPSA) is 57.7 Å². The van der Waals surface area contributed by atoms with Crippen LogP contribution in [0.3, 0.4) is 0 Å². The molecule has 1 unspecified atom stereocenters. The van der Waals surface area contributed by atoms with Crippen molar-refractivity contribution in [2.75, 3.05) is 4.90 Å². The molecule has 1 atom stereocenters. The first-order valence-electron chi connectivity index (χ1n) is 8.51. The van der Waals surface area contributed by atoms with Crippen molar-refractivity contribution in [3.8, 4) is 0 Å². The maximum atomic E-state index is 12.9. The summed E-state index contributed by atoms with van der Waals surface area (Å²) in [5, 5.41) is 0. The van der Waals surface area contributed by atoms with Crippen LogP contribution in [0.2, 0.25) is 0 Å². The van der Waals surface area contributed by atoms with Gasteiger partial charge in [0.05, 0.1) is 12.1 Å². The minimum atomic E-state index is -0.653. The molecule has 0 spiro atoms. The molecule has 1 saturated carbocycles. The average Bonchev–Trinajstić information content (AvgIpc) is 3.26. The lowest BCUT2D eigenvalue weighted by Gasteiger charge is -2.30. The second-order valence-electron chi connectivity index (χ2n) is 7.89. The van der Waals surface area contributed by atoms with Crippen molar-refractivity contribution in [3.05, 3.63) is 30.3 Å². The Bertz CT molecular complexity index is 659. The van der Waals surface area contributed by atoms with E-state index >= 15 is 0 Å². The van der Waals surface area contributed by atoms with Crippen LogP contribution in [0.25, 0.3) is 0 Å². The van der Waals surface area contributed by atoms with Gasteiger partial charge in [0.2, 0.25) is 11.8 Å². The lowest BCUT2D eigenvalue weighted by atomic mass is 9.91. The molecular formula is C19H24N2O3. The Morgan fingerprint density at radius 1 is 1.17 bits per heavy atom. The van der Waals surface area contributed by atoms with E-state index < -0.39 is 6.04 Å². The van der Waals surface area contributed by atoms with E-state index in [9.17, 15) is 14.4 Å². The highest BCUT2D eigenvalue weighted by molar-refractivity contribution is 6.23. The normalized spacial score (nSPS) is 21.3. The molecule has 1 aliphatic carbocycles. The van der Waals surface area contributed by atoms with Crippen LogP contribution in [-0.4, -0.2) is 34.7 Å². The van der Waals surface area contributed by atoms with E-state index in [2.05, 4.69) is 0 Å². The zero-order chi connectivity index (χ0) is 17.5. The largest absolute Gasteiger partial charge is 0.327 e. The van der Waals surface area contributed by atoms with Crippen LogP contribution >= 0.6 is 0 Å². The summed E-state index contributed by atoms with van der Waals surface area (Å²) in [4.78, 5) is 41.0. The van der Waals surface area contributed by atoms with E-state index in [0.717, 1.165) is 12.8 Å². The van der Waals surface area contributed by atoms with Crippen molar-refractivity contribution in [2.45, 2.75) is 58.5 Å². The first-order chi connectivity index (χ1) is 11.3. The van der Waals surface area contributed by atoms with Gasteiger partial charge >= 0.3 is 0 Å². The van der Waals surface area contributed by atoms with Gasteiger partial charge in [-0.15, -0.1) is 0 Å². The van der Waals surface area contributed by atoms with Crippen LogP contribution in [0.15, 0.2) is 30.3 Å². The van der Waals surface area contributed by atoms with Gasteiger partial charge in [0.1, 0.15) is 6.04 Å². The van der Waals surface area contributed by atoms with Crippen molar-refractivity contribution in [2.24, 2.45) is 5.41 Å². The molecule has 5 heteroatoms. The highest BCUT2D eigenvalue weighted by Crippen LogP contribution is 2.35. The van der Waals surface area contributed by atoms with E-state index in [-0.39, 0.29) is 35.6 Å². The van der Waals surface area contributed by atoms with Gasteiger partial charge in [-0.2, -0.15) is 0 Å². The number of hydrogen-bond donors (Lipinski definition) is 0. The number of imide groups is 1. The summed E-state index contributed by atoms with van der Waals surface area (Å²) < 4.78 is 0. The fourth-order valence-corrected chi connectivity index (χ4v) is 3.21. The molecule has 0 aromatic heterocycles. The highest BCUT2D eigenvalue weighted by Gasteiger charge is 2.48. The Morgan fingerprint density at radius 2 is 1.79 bits per heavy atom. The molecule has 5 nitrogen and oxygen atoms in total. The molecule has 2 aliphatic rings. The molecule has 24 heavy (non-hydrogen) atoms. The van der Waals surface area contributed by atoms with Gasteiger partial charge in [0.25, 0.3) is 5.91 Å². The van der Waals surface area contributed by atoms with Gasteiger partial charge in [-0.25, -0.2) is 4.90 Å². The maximum absolute atomic E-state index is 12.9. The van der Waals surface area contributed by atoms with Crippen LogP contribution in [0.5, 0.6) is 0 Å². The Balaban J connectivity index is 1.84. The molecule has 3 amide bonds. The van der Waals surface area contributed by atoms with Gasteiger partial charge in [0, 0.05) is 12.5 Å². The summed E-state index contributed by atoms with van der Waals surface area (Å²) in [6, 6.07) is 8.39.